The largest absolute Gasteiger partial charge is 0.482 e. The van der Waals surface area contributed by atoms with Crippen molar-refractivity contribution in [1.82, 2.24) is 4.90 Å². The fourth-order valence-corrected chi connectivity index (χ4v) is 3.56. The molecule has 0 radical (unpaired) electrons. The number of amidine groups is 1. The van der Waals surface area contributed by atoms with Gasteiger partial charge in [0.2, 0.25) is 0 Å². The van der Waals surface area contributed by atoms with Gasteiger partial charge in [0.15, 0.2) is 19.0 Å². The van der Waals surface area contributed by atoms with Gasteiger partial charge in [0.1, 0.15) is 17.3 Å². The molecule has 2 aromatic carbocycles. The molecule has 2 aromatic rings. The minimum absolute atomic E-state index is 0.0393. The highest BCUT2D eigenvalue weighted by Crippen LogP contribution is 2.28. The van der Waals surface area contributed by atoms with Crippen molar-refractivity contribution in [3.63, 3.8) is 0 Å². The predicted molar refractivity (Wildman–Crippen MR) is 127 cm³/mol. The lowest BCUT2D eigenvalue weighted by atomic mass is 10.1. The van der Waals surface area contributed by atoms with E-state index in [-0.39, 0.29) is 61.7 Å². The molecule has 1 heterocycles. The molecule has 190 valence electrons. The lowest BCUT2D eigenvalue weighted by Crippen LogP contribution is -2.30. The molecule has 0 aliphatic carbocycles. The van der Waals surface area contributed by atoms with E-state index in [0.29, 0.717) is 16.7 Å². The monoisotopic (exact) mass is 497 g/mol. The van der Waals surface area contributed by atoms with Crippen molar-refractivity contribution in [2.75, 3.05) is 33.0 Å². The third-order valence-electron chi connectivity index (χ3n) is 5.20. The van der Waals surface area contributed by atoms with Crippen molar-refractivity contribution >= 4 is 29.5 Å². The normalized spacial score (nSPS) is 12.1. The number of carbonyl (C=O) groups is 4. The number of hydrogen-bond acceptors (Lipinski definition) is 9. The quantitative estimate of drug-likeness (QED) is 0.193. The minimum Gasteiger partial charge on any atom is -0.482 e. The standard InChI is InChI=1S/C25H27N3O8/c1-3-33-22(30)13-35-17-6-8-19(21(10-17)36-14-23(31)34-4-2)20(29)12-28-11-16-9-15(24(26)27)5-7-18(16)25(28)32/h5-10H,3-4,11-14H2,1-2H3,(H3,26,27). The Labute approximate surface area is 207 Å². The molecular weight excluding hydrogens is 470 g/mol. The Balaban J connectivity index is 1.77. The van der Waals surface area contributed by atoms with Crippen LogP contribution in [0.3, 0.4) is 0 Å². The molecule has 36 heavy (non-hydrogen) atoms. The summed E-state index contributed by atoms with van der Waals surface area (Å²) >= 11 is 0. The van der Waals surface area contributed by atoms with E-state index in [2.05, 4.69) is 0 Å². The van der Waals surface area contributed by atoms with Crippen molar-refractivity contribution in [2.24, 2.45) is 5.73 Å². The fraction of sp³-hybridized carbons (Fsp3) is 0.320. The van der Waals surface area contributed by atoms with Crippen LogP contribution in [0.15, 0.2) is 36.4 Å². The number of esters is 2. The number of amides is 1. The molecule has 0 unspecified atom stereocenters. The molecule has 0 spiro atoms. The van der Waals surface area contributed by atoms with E-state index in [4.69, 9.17) is 30.1 Å². The summed E-state index contributed by atoms with van der Waals surface area (Å²) in [6.07, 6.45) is 0. The summed E-state index contributed by atoms with van der Waals surface area (Å²) < 4.78 is 20.6. The highest BCUT2D eigenvalue weighted by atomic mass is 16.6. The average Bonchev–Trinajstić information content (AvgIpc) is 3.16. The number of carbonyl (C=O) groups excluding carboxylic acids is 4. The Hall–Kier alpha value is -4.41. The molecule has 11 heteroatoms. The second-order valence-corrected chi connectivity index (χ2v) is 7.72. The Bertz CT molecular complexity index is 1190. The van der Waals surface area contributed by atoms with Gasteiger partial charge >= 0.3 is 11.9 Å². The van der Waals surface area contributed by atoms with E-state index in [0.717, 1.165) is 0 Å². The van der Waals surface area contributed by atoms with Crippen LogP contribution in [0.4, 0.5) is 0 Å². The second kappa shape index (κ2) is 11.8. The van der Waals surface area contributed by atoms with E-state index >= 15 is 0 Å². The predicted octanol–water partition coefficient (Wildman–Crippen LogP) is 1.69. The maximum absolute atomic E-state index is 13.2. The van der Waals surface area contributed by atoms with Crippen LogP contribution in [0, 0.1) is 5.41 Å². The number of hydrogen-bond donors (Lipinski definition) is 2. The first-order valence-corrected chi connectivity index (χ1v) is 11.2. The lowest BCUT2D eigenvalue weighted by Gasteiger charge is -2.17. The highest BCUT2D eigenvalue weighted by Gasteiger charge is 2.30. The molecular formula is C25H27N3O8. The Morgan fingerprint density at radius 2 is 1.64 bits per heavy atom. The summed E-state index contributed by atoms with van der Waals surface area (Å²) in [6.45, 7) is 2.84. The number of rotatable bonds is 12. The number of Topliss-reactive ketones (excluding diaryl/α,β-unsaturated/α-hetero) is 1. The van der Waals surface area contributed by atoms with Crippen LogP contribution >= 0.6 is 0 Å². The zero-order valence-electron chi connectivity index (χ0n) is 20.0. The van der Waals surface area contributed by atoms with Crippen LogP contribution in [-0.2, 0) is 25.6 Å². The number of benzene rings is 2. The molecule has 1 aliphatic heterocycles. The van der Waals surface area contributed by atoms with Gasteiger partial charge in [-0.05, 0) is 43.7 Å². The Kier molecular flexibility index (Phi) is 8.61. The number of fused-ring (bicyclic) bond motifs is 1. The zero-order chi connectivity index (χ0) is 26.2. The van der Waals surface area contributed by atoms with Gasteiger partial charge in [-0.15, -0.1) is 0 Å². The Morgan fingerprint density at radius 3 is 2.28 bits per heavy atom. The maximum Gasteiger partial charge on any atom is 0.344 e. The first-order chi connectivity index (χ1) is 17.2. The molecule has 0 aromatic heterocycles. The average molecular weight is 498 g/mol. The highest BCUT2D eigenvalue weighted by molar-refractivity contribution is 6.06. The van der Waals surface area contributed by atoms with Crippen LogP contribution in [0.5, 0.6) is 11.5 Å². The van der Waals surface area contributed by atoms with Crippen LogP contribution in [0.25, 0.3) is 0 Å². The summed E-state index contributed by atoms with van der Waals surface area (Å²) in [7, 11) is 0. The van der Waals surface area contributed by atoms with E-state index in [1.165, 1.54) is 23.1 Å². The number of ketones is 1. The molecule has 11 nitrogen and oxygen atoms in total. The van der Waals surface area contributed by atoms with Gasteiger partial charge in [0, 0.05) is 23.7 Å². The molecule has 1 amide bonds. The molecule has 0 bridgehead atoms. The first-order valence-electron chi connectivity index (χ1n) is 11.2. The van der Waals surface area contributed by atoms with E-state index in [1.807, 2.05) is 0 Å². The van der Waals surface area contributed by atoms with Gasteiger partial charge in [0.05, 0.1) is 25.3 Å². The third kappa shape index (κ3) is 6.38. The molecule has 3 N–H and O–H groups in total. The van der Waals surface area contributed by atoms with Gasteiger partial charge in [-0.1, -0.05) is 6.07 Å². The van der Waals surface area contributed by atoms with E-state index < -0.39 is 24.3 Å². The van der Waals surface area contributed by atoms with Gasteiger partial charge in [-0.2, -0.15) is 0 Å². The number of ether oxygens (including phenoxy) is 4. The van der Waals surface area contributed by atoms with Gasteiger partial charge in [-0.3, -0.25) is 15.0 Å². The van der Waals surface area contributed by atoms with Crippen LogP contribution in [0.1, 0.15) is 45.7 Å². The van der Waals surface area contributed by atoms with Crippen LogP contribution in [-0.4, -0.2) is 67.3 Å². The number of nitrogens with two attached hydrogens (primary N) is 1. The topological polar surface area (TPSA) is 158 Å². The van der Waals surface area contributed by atoms with E-state index in [9.17, 15) is 19.2 Å². The summed E-state index contributed by atoms with van der Waals surface area (Å²) in [4.78, 5) is 50.7. The smallest absolute Gasteiger partial charge is 0.344 e. The van der Waals surface area contributed by atoms with Crippen molar-refractivity contribution in [2.45, 2.75) is 20.4 Å². The molecule has 0 saturated carbocycles. The van der Waals surface area contributed by atoms with Crippen molar-refractivity contribution in [1.29, 1.82) is 5.41 Å². The van der Waals surface area contributed by atoms with Gasteiger partial charge in [0.25, 0.3) is 5.91 Å². The second-order valence-electron chi connectivity index (χ2n) is 7.72. The fourth-order valence-electron chi connectivity index (χ4n) is 3.56. The van der Waals surface area contributed by atoms with Crippen molar-refractivity contribution in [3.8, 4) is 11.5 Å². The van der Waals surface area contributed by atoms with Crippen LogP contribution in [0.2, 0.25) is 0 Å². The number of nitrogen functional groups attached to an aromatic ring is 1. The molecule has 1 aliphatic rings. The number of nitrogens with one attached hydrogen (secondary N) is 1. The number of nitrogens with zero attached hydrogens (tertiary/aromatic N) is 1. The minimum atomic E-state index is -0.625. The molecule has 0 saturated heterocycles. The Morgan fingerprint density at radius 1 is 0.972 bits per heavy atom. The lowest BCUT2D eigenvalue weighted by molar-refractivity contribution is -0.146. The van der Waals surface area contributed by atoms with Gasteiger partial charge < -0.3 is 29.6 Å². The van der Waals surface area contributed by atoms with Gasteiger partial charge in [-0.25, -0.2) is 9.59 Å². The van der Waals surface area contributed by atoms with Crippen molar-refractivity contribution in [3.05, 3.63) is 58.7 Å². The summed E-state index contributed by atoms with van der Waals surface area (Å²) in [5.74, 6) is -1.80. The molecule has 3 rings (SSSR count). The first kappa shape index (κ1) is 26.2. The SMILES string of the molecule is CCOC(=O)COc1ccc(C(=O)CN2Cc3cc(C(=N)N)ccc3C2=O)c(OCC(=O)OCC)c1. The van der Waals surface area contributed by atoms with Crippen LogP contribution < -0.4 is 15.2 Å². The molecule has 0 fully saturated rings. The van der Waals surface area contributed by atoms with Crippen molar-refractivity contribution < 1.29 is 38.1 Å². The summed E-state index contributed by atoms with van der Waals surface area (Å²) in [6, 6.07) is 9.12. The summed E-state index contributed by atoms with van der Waals surface area (Å²) in [5, 5.41) is 7.58. The van der Waals surface area contributed by atoms with E-state index in [1.54, 1.807) is 32.0 Å². The zero-order valence-corrected chi connectivity index (χ0v) is 20.0. The maximum atomic E-state index is 13.2. The molecule has 0 atom stereocenters. The third-order valence-corrected chi connectivity index (χ3v) is 5.20. The summed E-state index contributed by atoms with van der Waals surface area (Å²) in [5.41, 5.74) is 7.25.